The van der Waals surface area contributed by atoms with Crippen molar-refractivity contribution in [1.29, 1.82) is 0 Å². The Morgan fingerprint density at radius 1 is 1.35 bits per heavy atom. The molecule has 0 amide bonds. The summed E-state index contributed by atoms with van der Waals surface area (Å²) in [5, 5.41) is 13.9. The van der Waals surface area contributed by atoms with Crippen molar-refractivity contribution in [2.24, 2.45) is 0 Å². The van der Waals surface area contributed by atoms with E-state index in [1.165, 1.54) is 0 Å². The molecular formula is C11H13BrN4O. The van der Waals surface area contributed by atoms with E-state index in [0.717, 1.165) is 15.7 Å². The molecule has 1 aromatic carbocycles. The fourth-order valence-electron chi connectivity index (χ4n) is 1.38. The lowest BCUT2D eigenvalue weighted by atomic mass is 10.2. The van der Waals surface area contributed by atoms with Crippen LogP contribution in [-0.2, 0) is 6.54 Å². The maximum atomic E-state index is 5.41. The second kappa shape index (κ2) is 5.29. The number of nitrogens with one attached hydrogen (secondary N) is 2. The molecular weight excluding hydrogens is 284 g/mol. The highest BCUT2D eigenvalue weighted by molar-refractivity contribution is 9.10. The first-order valence-corrected chi connectivity index (χ1v) is 5.99. The van der Waals surface area contributed by atoms with Crippen LogP contribution < -0.4 is 10.6 Å². The number of rotatable bonds is 4. The molecule has 0 aliphatic carbocycles. The molecule has 0 atom stereocenters. The molecule has 0 aliphatic rings. The summed E-state index contributed by atoms with van der Waals surface area (Å²) in [4.78, 5) is 0. The summed E-state index contributed by atoms with van der Waals surface area (Å²) in [5.41, 5.74) is 2.04. The highest BCUT2D eigenvalue weighted by atomic mass is 79.9. The zero-order valence-electron chi connectivity index (χ0n) is 9.62. The zero-order valence-corrected chi connectivity index (χ0v) is 11.2. The molecule has 2 aromatic rings. The van der Waals surface area contributed by atoms with Gasteiger partial charge in [0.25, 0.3) is 0 Å². The van der Waals surface area contributed by atoms with E-state index in [-0.39, 0.29) is 0 Å². The van der Waals surface area contributed by atoms with Crippen molar-refractivity contribution in [2.45, 2.75) is 13.5 Å². The predicted octanol–water partition coefficient (Wildman–Crippen LogP) is 2.60. The van der Waals surface area contributed by atoms with Crippen LogP contribution in [0.3, 0.4) is 0 Å². The van der Waals surface area contributed by atoms with E-state index in [1.807, 2.05) is 32.2 Å². The van der Waals surface area contributed by atoms with E-state index in [4.69, 9.17) is 4.42 Å². The fraction of sp³-hybridized carbons (Fsp3) is 0.273. The Labute approximate surface area is 108 Å². The molecule has 0 radical (unpaired) electrons. The lowest BCUT2D eigenvalue weighted by Gasteiger charge is -2.06. The quantitative estimate of drug-likeness (QED) is 0.908. The number of halogens is 1. The molecule has 0 aliphatic heterocycles. The highest BCUT2D eigenvalue weighted by Crippen LogP contribution is 2.25. The number of aromatic nitrogens is 2. The molecule has 0 unspecified atom stereocenters. The first-order valence-electron chi connectivity index (χ1n) is 5.20. The average molecular weight is 297 g/mol. The minimum atomic E-state index is 0.399. The largest absolute Gasteiger partial charge is 0.406 e. The van der Waals surface area contributed by atoms with Crippen LogP contribution in [0.5, 0.6) is 0 Å². The summed E-state index contributed by atoms with van der Waals surface area (Å²) in [7, 11) is 1.83. The van der Waals surface area contributed by atoms with Crippen LogP contribution in [0, 0.1) is 6.92 Å². The highest BCUT2D eigenvalue weighted by Gasteiger charge is 2.07. The molecule has 0 spiro atoms. The lowest BCUT2D eigenvalue weighted by Crippen LogP contribution is -2.04. The molecule has 0 saturated heterocycles. The fourth-order valence-corrected chi connectivity index (χ4v) is 1.75. The number of nitrogens with zero attached hydrogens (tertiary/aromatic N) is 2. The van der Waals surface area contributed by atoms with Crippen molar-refractivity contribution in [3.05, 3.63) is 34.1 Å². The van der Waals surface area contributed by atoms with Crippen LogP contribution in [-0.4, -0.2) is 17.2 Å². The monoisotopic (exact) mass is 296 g/mol. The SMILES string of the molecule is CNCc1nnc(Nc2cccc(Br)c2C)o1. The van der Waals surface area contributed by atoms with Gasteiger partial charge in [-0.05, 0) is 31.7 Å². The normalized spacial score (nSPS) is 10.5. The zero-order chi connectivity index (χ0) is 12.3. The average Bonchev–Trinajstić information content (AvgIpc) is 2.73. The number of hydrogen-bond donors (Lipinski definition) is 2. The van der Waals surface area contributed by atoms with Gasteiger partial charge in [0, 0.05) is 10.2 Å². The third kappa shape index (κ3) is 2.83. The topological polar surface area (TPSA) is 63.0 Å². The molecule has 5 nitrogen and oxygen atoms in total. The van der Waals surface area contributed by atoms with Crippen LogP contribution in [0.25, 0.3) is 0 Å². The minimum absolute atomic E-state index is 0.399. The Kier molecular flexibility index (Phi) is 3.75. The third-order valence-electron chi connectivity index (χ3n) is 2.30. The smallest absolute Gasteiger partial charge is 0.320 e. The first kappa shape index (κ1) is 12.1. The maximum Gasteiger partial charge on any atom is 0.320 e. The van der Waals surface area contributed by atoms with Crippen molar-refractivity contribution in [2.75, 3.05) is 12.4 Å². The number of hydrogen-bond acceptors (Lipinski definition) is 5. The molecule has 0 fully saturated rings. The summed E-state index contributed by atoms with van der Waals surface area (Å²) in [6.45, 7) is 2.57. The molecule has 0 bridgehead atoms. The Morgan fingerprint density at radius 2 is 2.18 bits per heavy atom. The number of benzene rings is 1. The van der Waals surface area contributed by atoms with Gasteiger partial charge in [-0.15, -0.1) is 5.10 Å². The van der Waals surface area contributed by atoms with Gasteiger partial charge in [-0.25, -0.2) is 0 Å². The van der Waals surface area contributed by atoms with E-state index in [1.54, 1.807) is 0 Å². The first-order chi connectivity index (χ1) is 8.20. The molecule has 17 heavy (non-hydrogen) atoms. The van der Waals surface area contributed by atoms with Gasteiger partial charge < -0.3 is 15.1 Å². The van der Waals surface area contributed by atoms with Crippen molar-refractivity contribution in [1.82, 2.24) is 15.5 Å². The molecule has 0 saturated carbocycles. The molecule has 2 N–H and O–H groups in total. The van der Waals surface area contributed by atoms with E-state index in [9.17, 15) is 0 Å². The van der Waals surface area contributed by atoms with Crippen molar-refractivity contribution in [3.8, 4) is 0 Å². The van der Waals surface area contributed by atoms with E-state index in [2.05, 4.69) is 36.8 Å². The molecule has 1 heterocycles. The molecule has 1 aromatic heterocycles. The van der Waals surface area contributed by atoms with E-state index >= 15 is 0 Å². The van der Waals surface area contributed by atoms with E-state index < -0.39 is 0 Å². The standard InChI is InChI=1S/C11H13BrN4O/c1-7-8(12)4-3-5-9(7)14-11-16-15-10(17-11)6-13-2/h3-5,13H,6H2,1-2H3,(H,14,16). The Bertz CT molecular complexity index is 512. The second-order valence-corrected chi connectivity index (χ2v) is 4.42. The lowest BCUT2D eigenvalue weighted by molar-refractivity contribution is 0.493. The van der Waals surface area contributed by atoms with Gasteiger partial charge >= 0.3 is 6.01 Å². The third-order valence-corrected chi connectivity index (χ3v) is 3.16. The van der Waals surface area contributed by atoms with Crippen LogP contribution in [0.15, 0.2) is 27.1 Å². The summed E-state index contributed by atoms with van der Waals surface area (Å²) < 4.78 is 6.45. The van der Waals surface area contributed by atoms with Gasteiger partial charge in [-0.1, -0.05) is 27.1 Å². The Morgan fingerprint density at radius 3 is 2.94 bits per heavy atom. The summed E-state index contributed by atoms with van der Waals surface area (Å²) >= 11 is 3.47. The minimum Gasteiger partial charge on any atom is -0.406 e. The van der Waals surface area contributed by atoms with Gasteiger partial charge in [-0.3, -0.25) is 0 Å². The van der Waals surface area contributed by atoms with Crippen LogP contribution >= 0.6 is 15.9 Å². The predicted molar refractivity (Wildman–Crippen MR) is 69.2 cm³/mol. The molecule has 2 rings (SSSR count). The van der Waals surface area contributed by atoms with Gasteiger partial charge in [0.15, 0.2) is 0 Å². The summed E-state index contributed by atoms with van der Waals surface area (Å²) in [6.07, 6.45) is 0. The Balaban J connectivity index is 2.16. The van der Waals surface area contributed by atoms with Crippen molar-refractivity contribution >= 4 is 27.6 Å². The Hall–Kier alpha value is -1.40. The van der Waals surface area contributed by atoms with E-state index in [0.29, 0.717) is 18.5 Å². The van der Waals surface area contributed by atoms with Gasteiger partial charge in [-0.2, -0.15) is 0 Å². The van der Waals surface area contributed by atoms with Crippen LogP contribution in [0.4, 0.5) is 11.7 Å². The number of anilines is 2. The van der Waals surface area contributed by atoms with Gasteiger partial charge in [0.1, 0.15) is 0 Å². The molecule has 90 valence electrons. The molecule has 6 heteroatoms. The van der Waals surface area contributed by atoms with Crippen molar-refractivity contribution in [3.63, 3.8) is 0 Å². The van der Waals surface area contributed by atoms with Crippen LogP contribution in [0.2, 0.25) is 0 Å². The van der Waals surface area contributed by atoms with Crippen molar-refractivity contribution < 1.29 is 4.42 Å². The van der Waals surface area contributed by atoms with Crippen LogP contribution in [0.1, 0.15) is 11.5 Å². The maximum absolute atomic E-state index is 5.41. The summed E-state index contributed by atoms with van der Waals surface area (Å²) in [6, 6.07) is 6.30. The van der Waals surface area contributed by atoms with Gasteiger partial charge in [0.2, 0.25) is 5.89 Å². The second-order valence-electron chi connectivity index (χ2n) is 3.57. The van der Waals surface area contributed by atoms with Gasteiger partial charge in [0.05, 0.1) is 6.54 Å². The summed E-state index contributed by atoms with van der Waals surface area (Å²) in [5.74, 6) is 0.558.